The molecule has 0 aromatic heterocycles. The number of likely N-dealkylation sites (N-methyl/N-ethyl adjacent to an activating group) is 1. The molecule has 40 heavy (non-hydrogen) atoms. The van der Waals surface area contributed by atoms with Gasteiger partial charge in [-0.1, -0.05) is 29.3 Å². The molecule has 0 bridgehead atoms. The molecular formula is C25H26Cl2F4N4O4S. The van der Waals surface area contributed by atoms with Crippen molar-refractivity contribution in [1.82, 2.24) is 19.0 Å². The second kappa shape index (κ2) is 11.3. The number of benzene rings is 2. The Balaban J connectivity index is 1.61. The normalized spacial score (nSPS) is 20.6. The van der Waals surface area contributed by atoms with Crippen molar-refractivity contribution in [1.29, 1.82) is 0 Å². The standard InChI is InChI=1S/C25H26Cl2F4N4O4S/c1-32(23(36)16-9-17(25(29,30)31)12-18(28)10-16)22-14-34(13-19(22)15-3-4-20(26)21(27)11-15)24(37)33-5-7-35(8-6-33)40(2,38)39/h3-4,9-12,19,22H,5-8,13-14H2,1-2H3/t19-,22+/m0/s1. The van der Waals surface area contributed by atoms with E-state index in [1.807, 2.05) is 0 Å². The third kappa shape index (κ3) is 6.48. The largest absolute Gasteiger partial charge is 0.416 e. The van der Waals surface area contributed by atoms with Gasteiger partial charge in [0.05, 0.1) is 27.9 Å². The Labute approximate surface area is 239 Å². The van der Waals surface area contributed by atoms with Gasteiger partial charge in [-0.2, -0.15) is 17.5 Å². The number of carbonyl (C=O) groups is 2. The number of carbonyl (C=O) groups excluding carboxylic acids is 2. The maximum absolute atomic E-state index is 14.1. The Morgan fingerprint density at radius 1 is 0.950 bits per heavy atom. The van der Waals surface area contributed by atoms with Crippen LogP contribution in [0.4, 0.5) is 22.4 Å². The average Bonchev–Trinajstić information content (AvgIpc) is 3.33. The summed E-state index contributed by atoms with van der Waals surface area (Å²) in [5.41, 5.74) is -1.13. The molecule has 2 aliphatic rings. The Morgan fingerprint density at radius 2 is 1.60 bits per heavy atom. The van der Waals surface area contributed by atoms with Crippen molar-refractivity contribution < 1.29 is 35.6 Å². The van der Waals surface area contributed by atoms with E-state index in [-0.39, 0.29) is 50.3 Å². The number of rotatable bonds is 4. The number of amides is 3. The summed E-state index contributed by atoms with van der Waals surface area (Å²) in [5, 5.41) is 0.536. The van der Waals surface area contributed by atoms with Crippen LogP contribution in [0.2, 0.25) is 10.0 Å². The molecule has 15 heteroatoms. The molecule has 0 saturated carbocycles. The fraction of sp³-hybridized carbons (Fsp3) is 0.440. The van der Waals surface area contributed by atoms with Crippen LogP contribution in [0, 0.1) is 5.82 Å². The van der Waals surface area contributed by atoms with E-state index in [0.29, 0.717) is 22.7 Å². The second-order valence-corrected chi connectivity index (χ2v) is 12.6. The van der Waals surface area contributed by atoms with Crippen molar-refractivity contribution in [2.24, 2.45) is 0 Å². The fourth-order valence-electron chi connectivity index (χ4n) is 5.05. The molecule has 8 nitrogen and oxygen atoms in total. The predicted octanol–water partition coefficient (Wildman–Crippen LogP) is 4.39. The molecule has 2 aromatic carbocycles. The molecule has 2 aliphatic heterocycles. The zero-order valence-corrected chi connectivity index (χ0v) is 23.8. The Bertz CT molecular complexity index is 1420. The lowest BCUT2D eigenvalue weighted by molar-refractivity contribution is -0.137. The second-order valence-electron chi connectivity index (χ2n) is 9.83. The van der Waals surface area contributed by atoms with Gasteiger partial charge in [-0.3, -0.25) is 4.79 Å². The highest BCUT2D eigenvalue weighted by Crippen LogP contribution is 2.36. The molecule has 3 amide bonds. The van der Waals surface area contributed by atoms with E-state index in [1.54, 1.807) is 18.2 Å². The first kappa shape index (κ1) is 30.4. The number of urea groups is 1. The molecule has 0 unspecified atom stereocenters. The van der Waals surface area contributed by atoms with Gasteiger partial charge < -0.3 is 14.7 Å². The minimum absolute atomic E-state index is 0.0275. The minimum atomic E-state index is -4.85. The highest BCUT2D eigenvalue weighted by molar-refractivity contribution is 7.88. The first-order chi connectivity index (χ1) is 18.6. The van der Waals surface area contributed by atoms with Crippen molar-refractivity contribution >= 4 is 45.2 Å². The molecule has 0 aliphatic carbocycles. The highest BCUT2D eigenvalue weighted by atomic mass is 35.5. The van der Waals surface area contributed by atoms with Crippen LogP contribution in [0.15, 0.2) is 36.4 Å². The van der Waals surface area contributed by atoms with Gasteiger partial charge >= 0.3 is 12.2 Å². The van der Waals surface area contributed by atoms with Gasteiger partial charge in [0.2, 0.25) is 10.0 Å². The third-order valence-electron chi connectivity index (χ3n) is 7.20. The summed E-state index contributed by atoms with van der Waals surface area (Å²) in [5.74, 6) is -2.55. The van der Waals surface area contributed by atoms with Gasteiger partial charge in [0, 0.05) is 57.8 Å². The van der Waals surface area contributed by atoms with Gasteiger partial charge in [-0.05, 0) is 35.9 Å². The van der Waals surface area contributed by atoms with Gasteiger partial charge in [-0.15, -0.1) is 0 Å². The summed E-state index contributed by atoms with van der Waals surface area (Å²) < 4.78 is 78.8. The Morgan fingerprint density at radius 3 is 2.17 bits per heavy atom. The summed E-state index contributed by atoms with van der Waals surface area (Å²) >= 11 is 12.3. The van der Waals surface area contributed by atoms with E-state index >= 15 is 0 Å². The van der Waals surface area contributed by atoms with E-state index < -0.39 is 51.0 Å². The van der Waals surface area contributed by atoms with Crippen LogP contribution < -0.4 is 0 Å². The molecule has 218 valence electrons. The SMILES string of the molecule is CN(C(=O)c1cc(F)cc(C(F)(F)F)c1)[C@@H]1CN(C(=O)N2CCN(S(C)(=O)=O)CC2)C[C@H]1c1ccc(Cl)c(Cl)c1. The zero-order valence-electron chi connectivity index (χ0n) is 21.5. The molecular weight excluding hydrogens is 599 g/mol. The van der Waals surface area contributed by atoms with Gasteiger partial charge in [0.25, 0.3) is 5.91 Å². The fourth-order valence-corrected chi connectivity index (χ4v) is 6.18. The van der Waals surface area contributed by atoms with Gasteiger partial charge in [0.1, 0.15) is 5.82 Å². The first-order valence-corrected chi connectivity index (χ1v) is 14.8. The quantitative estimate of drug-likeness (QED) is 0.473. The number of halogens is 6. The molecule has 2 aromatic rings. The molecule has 0 spiro atoms. The molecule has 2 saturated heterocycles. The number of hydrogen-bond acceptors (Lipinski definition) is 4. The van der Waals surface area contributed by atoms with E-state index in [0.717, 1.165) is 12.3 Å². The smallest absolute Gasteiger partial charge is 0.336 e. The Kier molecular flexibility index (Phi) is 8.61. The lowest BCUT2D eigenvalue weighted by Crippen LogP contribution is -2.53. The third-order valence-corrected chi connectivity index (χ3v) is 9.24. The summed E-state index contributed by atoms with van der Waals surface area (Å²) in [6.45, 7) is 0.781. The summed E-state index contributed by atoms with van der Waals surface area (Å²) in [4.78, 5) is 31.0. The van der Waals surface area contributed by atoms with Crippen molar-refractivity contribution in [2.45, 2.75) is 18.1 Å². The maximum Gasteiger partial charge on any atom is 0.416 e. The van der Waals surface area contributed by atoms with Crippen LogP contribution in [0.1, 0.15) is 27.4 Å². The monoisotopic (exact) mass is 624 g/mol. The summed E-state index contributed by atoms with van der Waals surface area (Å²) in [6, 6.07) is 5.42. The lowest BCUT2D eigenvalue weighted by atomic mass is 9.93. The Hall–Kier alpha value is -2.61. The number of piperazine rings is 1. The number of likely N-dealkylation sites (tertiary alicyclic amines) is 1. The highest BCUT2D eigenvalue weighted by Gasteiger charge is 2.42. The van der Waals surface area contributed by atoms with Crippen molar-refractivity contribution in [3.05, 3.63) is 69.0 Å². The minimum Gasteiger partial charge on any atom is -0.336 e. The molecule has 4 rings (SSSR count). The lowest BCUT2D eigenvalue weighted by Gasteiger charge is -2.35. The number of hydrogen-bond donors (Lipinski definition) is 0. The van der Waals surface area contributed by atoms with Crippen LogP contribution >= 0.6 is 23.2 Å². The van der Waals surface area contributed by atoms with Gasteiger partial charge in [-0.25, -0.2) is 17.6 Å². The molecule has 2 fully saturated rings. The van der Waals surface area contributed by atoms with E-state index in [9.17, 15) is 35.6 Å². The van der Waals surface area contributed by atoms with Crippen LogP contribution in [-0.2, 0) is 16.2 Å². The number of nitrogens with zero attached hydrogens (tertiary/aromatic N) is 4. The van der Waals surface area contributed by atoms with Crippen molar-refractivity contribution in [2.75, 3.05) is 52.6 Å². The van der Waals surface area contributed by atoms with Crippen LogP contribution in [0.5, 0.6) is 0 Å². The van der Waals surface area contributed by atoms with Crippen molar-refractivity contribution in [3.63, 3.8) is 0 Å². The first-order valence-electron chi connectivity index (χ1n) is 12.1. The number of sulfonamides is 1. The zero-order chi connectivity index (χ0) is 29.6. The molecule has 0 N–H and O–H groups in total. The van der Waals surface area contributed by atoms with E-state index in [4.69, 9.17) is 23.2 Å². The molecule has 0 radical (unpaired) electrons. The van der Waals surface area contributed by atoms with Crippen LogP contribution in [0.3, 0.4) is 0 Å². The van der Waals surface area contributed by atoms with E-state index in [2.05, 4.69) is 0 Å². The maximum atomic E-state index is 14.1. The molecule has 2 heterocycles. The summed E-state index contributed by atoms with van der Waals surface area (Å²) in [7, 11) is -2.02. The van der Waals surface area contributed by atoms with Crippen LogP contribution in [0.25, 0.3) is 0 Å². The molecule has 2 atom stereocenters. The topological polar surface area (TPSA) is 81.2 Å². The average molecular weight is 625 g/mol. The number of alkyl halides is 3. The van der Waals surface area contributed by atoms with E-state index in [1.165, 1.54) is 26.1 Å². The van der Waals surface area contributed by atoms with Gasteiger partial charge in [0.15, 0.2) is 0 Å². The predicted molar refractivity (Wildman–Crippen MR) is 141 cm³/mol. The van der Waals surface area contributed by atoms with Crippen LogP contribution in [-0.4, -0.2) is 98.0 Å². The summed E-state index contributed by atoms with van der Waals surface area (Å²) in [6.07, 6.45) is -3.75. The van der Waals surface area contributed by atoms with Crippen molar-refractivity contribution in [3.8, 4) is 0 Å².